The molecule has 4 heteroatoms. The molecular formula is C9H19NO3. The summed E-state index contributed by atoms with van der Waals surface area (Å²) in [6, 6.07) is 0. The van der Waals surface area contributed by atoms with Crippen LogP contribution in [0.25, 0.3) is 0 Å². The largest absolute Gasteiger partial charge is 0.385 e. The number of unbranched alkanes of at least 4 members (excludes halogenated alkanes) is 4. The lowest BCUT2D eigenvalue weighted by Gasteiger charge is -2.00. The van der Waals surface area contributed by atoms with E-state index in [1.165, 1.54) is 0 Å². The number of carbonyl (C=O) groups is 1. The van der Waals surface area contributed by atoms with E-state index in [-0.39, 0.29) is 5.97 Å². The molecule has 0 bridgehead atoms. The monoisotopic (exact) mass is 189 g/mol. The lowest BCUT2D eigenvalue weighted by Crippen LogP contribution is -2.08. The topological polar surface area (TPSA) is 61.5 Å². The van der Waals surface area contributed by atoms with E-state index in [4.69, 9.17) is 4.74 Å². The number of carbonyl (C=O) groups excluding carboxylic acids is 1. The Morgan fingerprint density at radius 3 is 2.38 bits per heavy atom. The first kappa shape index (κ1) is 12.4. The molecule has 0 heterocycles. The highest BCUT2D eigenvalue weighted by Gasteiger charge is 1.99. The third-order valence-electron chi connectivity index (χ3n) is 1.86. The Kier molecular flexibility index (Phi) is 9.03. The van der Waals surface area contributed by atoms with Crippen molar-refractivity contribution in [2.75, 3.05) is 13.7 Å². The van der Waals surface area contributed by atoms with Gasteiger partial charge in [0, 0.05) is 20.1 Å². The van der Waals surface area contributed by atoms with Crippen molar-refractivity contribution in [3.05, 3.63) is 0 Å². The maximum Gasteiger partial charge on any atom is 0.324 e. The highest BCUT2D eigenvalue weighted by molar-refractivity contribution is 5.68. The number of hydrogen-bond donors (Lipinski definition) is 1. The minimum absolute atomic E-state index is 0.322. The summed E-state index contributed by atoms with van der Waals surface area (Å²) in [5.41, 5.74) is 0. The molecule has 13 heavy (non-hydrogen) atoms. The van der Waals surface area contributed by atoms with Crippen LogP contribution in [0.15, 0.2) is 0 Å². The minimum atomic E-state index is -0.322. The molecule has 2 N–H and O–H groups in total. The standard InChI is InChI=1S/C9H19NO3/c1-12-8-6-4-2-3-5-7-9(11)13-10/h2-8,10H2,1H3. The van der Waals surface area contributed by atoms with Crippen molar-refractivity contribution in [1.82, 2.24) is 0 Å². The highest BCUT2D eigenvalue weighted by atomic mass is 16.7. The SMILES string of the molecule is COCCCCCCCC(=O)ON. The Morgan fingerprint density at radius 2 is 1.77 bits per heavy atom. The van der Waals surface area contributed by atoms with Gasteiger partial charge < -0.3 is 9.57 Å². The van der Waals surface area contributed by atoms with Crippen molar-refractivity contribution in [1.29, 1.82) is 0 Å². The zero-order chi connectivity index (χ0) is 9.94. The summed E-state index contributed by atoms with van der Waals surface area (Å²) in [5, 5.41) is 0. The number of nitrogens with two attached hydrogens (primary N) is 1. The third-order valence-corrected chi connectivity index (χ3v) is 1.86. The molecule has 0 radical (unpaired) electrons. The van der Waals surface area contributed by atoms with E-state index in [9.17, 15) is 4.79 Å². The molecule has 0 spiro atoms. The van der Waals surface area contributed by atoms with Crippen molar-refractivity contribution in [3.63, 3.8) is 0 Å². The molecule has 0 aromatic rings. The summed E-state index contributed by atoms with van der Waals surface area (Å²) in [7, 11) is 1.71. The van der Waals surface area contributed by atoms with Gasteiger partial charge in [-0.3, -0.25) is 4.79 Å². The van der Waals surface area contributed by atoms with Crippen molar-refractivity contribution in [3.8, 4) is 0 Å². The summed E-state index contributed by atoms with van der Waals surface area (Å²) in [6.45, 7) is 0.824. The fourth-order valence-electron chi connectivity index (χ4n) is 1.10. The maximum absolute atomic E-state index is 10.6. The van der Waals surface area contributed by atoms with Gasteiger partial charge in [-0.25, -0.2) is 0 Å². The first-order chi connectivity index (χ1) is 6.31. The average molecular weight is 189 g/mol. The number of rotatable bonds is 8. The van der Waals surface area contributed by atoms with Crippen LogP contribution in [0, 0.1) is 0 Å². The molecule has 0 aliphatic rings. The molecule has 0 aromatic heterocycles. The lowest BCUT2D eigenvalue weighted by molar-refractivity contribution is -0.144. The third kappa shape index (κ3) is 9.30. The fraction of sp³-hybridized carbons (Fsp3) is 0.889. The van der Waals surface area contributed by atoms with Gasteiger partial charge in [-0.15, -0.1) is 0 Å². The lowest BCUT2D eigenvalue weighted by atomic mass is 10.1. The van der Waals surface area contributed by atoms with Crippen LogP contribution in [-0.2, 0) is 14.4 Å². The van der Waals surface area contributed by atoms with Gasteiger partial charge in [0.1, 0.15) is 0 Å². The van der Waals surface area contributed by atoms with Gasteiger partial charge >= 0.3 is 5.97 Å². The molecule has 0 aliphatic heterocycles. The van der Waals surface area contributed by atoms with Crippen LogP contribution in [0.4, 0.5) is 0 Å². The highest BCUT2D eigenvalue weighted by Crippen LogP contribution is 2.05. The van der Waals surface area contributed by atoms with Gasteiger partial charge in [-0.05, 0) is 12.8 Å². The molecule has 4 nitrogen and oxygen atoms in total. The summed E-state index contributed by atoms with van der Waals surface area (Å²) in [6.07, 6.45) is 5.74. The Bertz CT molecular complexity index is 128. The van der Waals surface area contributed by atoms with Crippen LogP contribution in [0.2, 0.25) is 0 Å². The van der Waals surface area contributed by atoms with Crippen LogP contribution >= 0.6 is 0 Å². The van der Waals surface area contributed by atoms with Crippen LogP contribution in [-0.4, -0.2) is 19.7 Å². The predicted octanol–water partition coefficient (Wildman–Crippen LogP) is 1.39. The van der Waals surface area contributed by atoms with Gasteiger partial charge in [0.05, 0.1) is 0 Å². The Hall–Kier alpha value is -0.610. The quantitative estimate of drug-likeness (QED) is 0.463. The van der Waals surface area contributed by atoms with E-state index in [1.54, 1.807) is 7.11 Å². The number of ether oxygens (including phenoxy) is 1. The minimum Gasteiger partial charge on any atom is -0.385 e. The van der Waals surface area contributed by atoms with E-state index in [0.29, 0.717) is 6.42 Å². The molecule has 0 aromatic carbocycles. The van der Waals surface area contributed by atoms with Gasteiger partial charge in [0.25, 0.3) is 0 Å². The van der Waals surface area contributed by atoms with Gasteiger partial charge in [-0.2, -0.15) is 5.90 Å². The van der Waals surface area contributed by atoms with E-state index in [1.807, 2.05) is 0 Å². The van der Waals surface area contributed by atoms with Crippen LogP contribution in [0.1, 0.15) is 38.5 Å². The van der Waals surface area contributed by atoms with E-state index >= 15 is 0 Å². The van der Waals surface area contributed by atoms with Crippen molar-refractivity contribution in [2.24, 2.45) is 5.90 Å². The molecule has 78 valence electrons. The molecule has 0 aliphatic carbocycles. The second-order valence-electron chi connectivity index (χ2n) is 3.00. The zero-order valence-electron chi connectivity index (χ0n) is 8.25. The van der Waals surface area contributed by atoms with Gasteiger partial charge in [0.15, 0.2) is 0 Å². The van der Waals surface area contributed by atoms with Crippen molar-refractivity contribution < 1.29 is 14.4 Å². The van der Waals surface area contributed by atoms with Crippen molar-refractivity contribution in [2.45, 2.75) is 38.5 Å². The second-order valence-corrected chi connectivity index (χ2v) is 3.00. The van der Waals surface area contributed by atoms with E-state index < -0.39 is 0 Å². The summed E-state index contributed by atoms with van der Waals surface area (Å²) < 4.78 is 4.91. The smallest absolute Gasteiger partial charge is 0.324 e. The molecular weight excluding hydrogens is 170 g/mol. The number of hydrogen-bond acceptors (Lipinski definition) is 4. The van der Waals surface area contributed by atoms with E-state index in [2.05, 4.69) is 10.7 Å². The first-order valence-electron chi connectivity index (χ1n) is 4.69. The Labute approximate surface area is 79.3 Å². The average Bonchev–Trinajstić information content (AvgIpc) is 2.16. The summed E-state index contributed by atoms with van der Waals surface area (Å²) in [4.78, 5) is 14.6. The molecule has 0 unspecified atom stereocenters. The zero-order valence-corrected chi connectivity index (χ0v) is 8.25. The molecule has 0 rings (SSSR count). The van der Waals surface area contributed by atoms with E-state index in [0.717, 1.165) is 38.7 Å². The van der Waals surface area contributed by atoms with Gasteiger partial charge in [0.2, 0.25) is 0 Å². The molecule has 0 atom stereocenters. The van der Waals surface area contributed by atoms with Crippen LogP contribution < -0.4 is 5.90 Å². The Morgan fingerprint density at radius 1 is 1.15 bits per heavy atom. The number of methoxy groups -OCH3 is 1. The second kappa shape index (κ2) is 9.48. The summed E-state index contributed by atoms with van der Waals surface area (Å²) >= 11 is 0. The first-order valence-corrected chi connectivity index (χ1v) is 4.69. The Balaban J connectivity index is 2.95. The predicted molar refractivity (Wildman–Crippen MR) is 49.9 cm³/mol. The summed E-state index contributed by atoms with van der Waals surface area (Å²) in [5.74, 6) is 4.36. The van der Waals surface area contributed by atoms with Crippen LogP contribution in [0.3, 0.4) is 0 Å². The molecule has 0 saturated carbocycles. The van der Waals surface area contributed by atoms with Crippen LogP contribution in [0.5, 0.6) is 0 Å². The van der Waals surface area contributed by atoms with Crippen molar-refractivity contribution >= 4 is 5.97 Å². The molecule has 0 amide bonds. The fourth-order valence-corrected chi connectivity index (χ4v) is 1.10. The molecule has 0 fully saturated rings. The normalized spacial score (nSPS) is 10.0. The maximum atomic E-state index is 10.6. The molecule has 0 saturated heterocycles. The van der Waals surface area contributed by atoms with Gasteiger partial charge in [-0.1, -0.05) is 19.3 Å².